The maximum Gasteiger partial charge on any atom is 0.327 e. The molecular weight excluding hydrogens is 398 g/mol. The zero-order chi connectivity index (χ0) is 20.5. The van der Waals surface area contributed by atoms with E-state index in [9.17, 15) is 13.2 Å². The van der Waals surface area contributed by atoms with E-state index in [1.54, 1.807) is 14.0 Å². The average molecular weight is 422 g/mol. The number of sulfonamides is 1. The van der Waals surface area contributed by atoms with E-state index < -0.39 is 16.1 Å². The van der Waals surface area contributed by atoms with Crippen LogP contribution in [-0.4, -0.2) is 58.0 Å². The lowest BCUT2D eigenvalue weighted by atomic mass is 10.2. The smallest absolute Gasteiger partial charge is 0.327 e. The van der Waals surface area contributed by atoms with Gasteiger partial charge < -0.3 is 10.2 Å². The van der Waals surface area contributed by atoms with Crippen LogP contribution >= 0.6 is 11.3 Å². The summed E-state index contributed by atoms with van der Waals surface area (Å²) in [5, 5.41) is 3.12. The first-order valence-corrected chi connectivity index (χ1v) is 10.9. The molecular formula is C18H23N5O3S2. The molecule has 1 aromatic carbocycles. The topological polar surface area (TPSA) is 85.9 Å². The predicted octanol–water partition coefficient (Wildman–Crippen LogP) is 2.75. The molecule has 1 aliphatic heterocycles. The summed E-state index contributed by atoms with van der Waals surface area (Å²) >= 11 is 0.972. The third-order valence-corrected chi connectivity index (χ3v) is 7.99. The van der Waals surface area contributed by atoms with Crippen LogP contribution in [0.25, 0.3) is 0 Å². The minimum atomic E-state index is -3.60. The van der Waals surface area contributed by atoms with Crippen LogP contribution < -0.4 is 15.1 Å². The van der Waals surface area contributed by atoms with Crippen molar-refractivity contribution in [2.24, 2.45) is 0 Å². The van der Waals surface area contributed by atoms with E-state index in [1.807, 2.05) is 24.3 Å². The Bertz CT molecular complexity index is 989. The number of anilines is 3. The van der Waals surface area contributed by atoms with Gasteiger partial charge in [-0.1, -0.05) is 23.5 Å². The molecule has 0 fully saturated rings. The van der Waals surface area contributed by atoms with Crippen molar-refractivity contribution in [3.63, 3.8) is 0 Å². The van der Waals surface area contributed by atoms with Gasteiger partial charge in [0.15, 0.2) is 9.34 Å². The van der Waals surface area contributed by atoms with E-state index in [1.165, 1.54) is 19.0 Å². The molecule has 0 saturated heterocycles. The Labute approximate surface area is 169 Å². The van der Waals surface area contributed by atoms with Crippen molar-refractivity contribution in [1.82, 2.24) is 9.29 Å². The zero-order valence-electron chi connectivity index (χ0n) is 16.2. The monoisotopic (exact) mass is 421 g/mol. The number of nitrogens with zero attached hydrogens (tertiary/aromatic N) is 4. The van der Waals surface area contributed by atoms with Crippen molar-refractivity contribution in [3.05, 3.63) is 42.1 Å². The van der Waals surface area contributed by atoms with Gasteiger partial charge in [-0.2, -0.15) is 0 Å². The highest BCUT2D eigenvalue weighted by atomic mass is 32.2. The van der Waals surface area contributed by atoms with Gasteiger partial charge in [0.05, 0.1) is 5.69 Å². The minimum Gasteiger partial charge on any atom is -0.364 e. The third-order valence-electron chi connectivity index (χ3n) is 4.35. The van der Waals surface area contributed by atoms with Gasteiger partial charge in [-0.3, -0.25) is 4.90 Å². The predicted molar refractivity (Wildman–Crippen MR) is 113 cm³/mol. The number of aromatic nitrogens is 1. The van der Waals surface area contributed by atoms with Gasteiger partial charge in [-0.05, 0) is 31.2 Å². The van der Waals surface area contributed by atoms with E-state index in [2.05, 4.69) is 27.4 Å². The second-order valence-electron chi connectivity index (χ2n) is 6.57. The molecule has 1 aromatic heterocycles. The molecule has 2 amide bonds. The van der Waals surface area contributed by atoms with Crippen LogP contribution in [0.3, 0.4) is 0 Å². The summed E-state index contributed by atoms with van der Waals surface area (Å²) in [6.45, 7) is 3.39. The number of amides is 2. The fourth-order valence-electron chi connectivity index (χ4n) is 2.66. The Balaban J connectivity index is 1.71. The van der Waals surface area contributed by atoms with Gasteiger partial charge in [-0.25, -0.2) is 22.5 Å². The van der Waals surface area contributed by atoms with E-state index in [0.717, 1.165) is 34.4 Å². The van der Waals surface area contributed by atoms with Crippen molar-refractivity contribution in [1.29, 1.82) is 0 Å². The number of carbonyl (C=O) groups is 1. The number of hydrogen-bond donors (Lipinski definition) is 1. The summed E-state index contributed by atoms with van der Waals surface area (Å²) < 4.78 is 26.0. The molecule has 0 bridgehead atoms. The minimum absolute atomic E-state index is 0.135. The van der Waals surface area contributed by atoms with Crippen molar-refractivity contribution < 1.29 is 13.2 Å². The molecule has 1 N–H and O–H groups in total. The standard InChI is InChI=1S/C18H23N5O3S2/c1-13-16(28(25,26)21(2)3)27-18(19-13)22(4)17(24)20-14-7-9-15(10-8-14)23-11-5-6-12-23/h5-10H,11-12H2,1-4H3,(H,20,24). The van der Waals surface area contributed by atoms with Crippen LogP contribution in [0.2, 0.25) is 0 Å². The normalized spacial score (nSPS) is 14.0. The third kappa shape index (κ3) is 4.03. The van der Waals surface area contributed by atoms with Gasteiger partial charge in [0.25, 0.3) is 10.0 Å². The summed E-state index contributed by atoms with van der Waals surface area (Å²) in [5.74, 6) is 0. The van der Waals surface area contributed by atoms with Crippen LogP contribution in [0.5, 0.6) is 0 Å². The van der Waals surface area contributed by atoms with E-state index in [4.69, 9.17) is 0 Å². The molecule has 0 spiro atoms. The summed E-state index contributed by atoms with van der Waals surface area (Å²) in [7, 11) is 0.892. The Morgan fingerprint density at radius 2 is 1.75 bits per heavy atom. The lowest BCUT2D eigenvalue weighted by Gasteiger charge is -2.19. The molecule has 0 aliphatic carbocycles. The molecule has 0 atom stereocenters. The molecule has 1 aliphatic rings. The molecule has 10 heteroatoms. The Hall–Kier alpha value is -2.43. The highest BCUT2D eigenvalue weighted by Crippen LogP contribution is 2.31. The number of nitrogens with one attached hydrogen (secondary N) is 1. The van der Waals surface area contributed by atoms with Gasteiger partial charge in [-0.15, -0.1) is 0 Å². The highest BCUT2D eigenvalue weighted by Gasteiger charge is 2.26. The van der Waals surface area contributed by atoms with Crippen LogP contribution in [0.15, 0.2) is 40.6 Å². The zero-order valence-corrected chi connectivity index (χ0v) is 17.8. The van der Waals surface area contributed by atoms with Crippen LogP contribution in [0, 0.1) is 6.92 Å². The first-order chi connectivity index (χ1) is 13.2. The number of aryl methyl sites for hydroxylation is 1. The summed E-state index contributed by atoms with van der Waals surface area (Å²) in [4.78, 5) is 20.3. The van der Waals surface area contributed by atoms with Gasteiger partial charge in [0.2, 0.25) is 0 Å². The van der Waals surface area contributed by atoms with Crippen LogP contribution in [-0.2, 0) is 10.0 Å². The lowest BCUT2D eigenvalue weighted by Crippen LogP contribution is -2.31. The Morgan fingerprint density at radius 1 is 1.14 bits per heavy atom. The molecule has 0 saturated carbocycles. The molecule has 2 heterocycles. The summed E-state index contributed by atoms with van der Waals surface area (Å²) in [6.07, 6.45) is 4.23. The number of carbonyl (C=O) groups excluding carboxylic acids is 1. The van der Waals surface area contributed by atoms with Gasteiger partial charge in [0, 0.05) is 45.6 Å². The Morgan fingerprint density at radius 3 is 2.32 bits per heavy atom. The average Bonchev–Trinajstić information content (AvgIpc) is 3.31. The molecule has 0 radical (unpaired) electrons. The van der Waals surface area contributed by atoms with Crippen molar-refractivity contribution >= 4 is 43.9 Å². The van der Waals surface area contributed by atoms with E-state index in [0.29, 0.717) is 16.5 Å². The molecule has 8 nitrogen and oxygen atoms in total. The number of hydrogen-bond acceptors (Lipinski definition) is 6. The second-order valence-corrected chi connectivity index (χ2v) is 9.89. The van der Waals surface area contributed by atoms with Crippen molar-refractivity contribution in [2.75, 3.05) is 49.3 Å². The summed E-state index contributed by atoms with van der Waals surface area (Å²) in [5.41, 5.74) is 2.12. The number of urea groups is 1. The Kier molecular flexibility index (Phi) is 5.73. The maximum absolute atomic E-state index is 12.6. The molecule has 3 rings (SSSR count). The molecule has 0 unspecified atom stereocenters. The van der Waals surface area contributed by atoms with Crippen LogP contribution in [0.1, 0.15) is 5.69 Å². The largest absolute Gasteiger partial charge is 0.364 e. The molecule has 2 aromatic rings. The lowest BCUT2D eigenvalue weighted by molar-refractivity contribution is 0.258. The number of rotatable bonds is 5. The van der Waals surface area contributed by atoms with E-state index in [-0.39, 0.29) is 4.21 Å². The maximum atomic E-state index is 12.6. The first kappa shape index (κ1) is 20.3. The van der Waals surface area contributed by atoms with Crippen LogP contribution in [0.4, 0.5) is 21.3 Å². The van der Waals surface area contributed by atoms with Crippen molar-refractivity contribution in [2.45, 2.75) is 11.1 Å². The molecule has 150 valence electrons. The van der Waals surface area contributed by atoms with Gasteiger partial charge >= 0.3 is 6.03 Å². The number of thiazole rings is 1. The van der Waals surface area contributed by atoms with E-state index >= 15 is 0 Å². The fraction of sp³-hybridized carbons (Fsp3) is 0.333. The van der Waals surface area contributed by atoms with Crippen molar-refractivity contribution in [3.8, 4) is 0 Å². The van der Waals surface area contributed by atoms with Gasteiger partial charge in [0.1, 0.15) is 0 Å². The first-order valence-electron chi connectivity index (χ1n) is 8.65. The molecule has 28 heavy (non-hydrogen) atoms. The quantitative estimate of drug-likeness (QED) is 0.751. The highest BCUT2D eigenvalue weighted by molar-refractivity contribution is 7.91. The fourth-order valence-corrected chi connectivity index (χ4v) is 5.26. The SMILES string of the molecule is Cc1nc(N(C)C(=O)Nc2ccc(N3CC=CC3)cc2)sc1S(=O)(=O)N(C)C. The second kappa shape index (κ2) is 7.90. The summed E-state index contributed by atoms with van der Waals surface area (Å²) in [6, 6.07) is 7.21. The number of benzene rings is 1.